The van der Waals surface area contributed by atoms with Crippen LogP contribution in [-0.2, 0) is 29.0 Å². The maximum absolute atomic E-state index is 13.6. The van der Waals surface area contributed by atoms with Crippen molar-refractivity contribution in [3.8, 4) is 0 Å². The number of benzene rings is 3. The first kappa shape index (κ1) is 25.4. The minimum atomic E-state index is -0.752. The van der Waals surface area contributed by atoms with Gasteiger partial charge in [0, 0.05) is 23.5 Å². The molecular formula is C28H30ClFN2O2. The van der Waals surface area contributed by atoms with E-state index in [2.05, 4.69) is 5.32 Å². The standard InChI is InChI=1S/C28H30ClFN2O2/c1-28(2,3)31-27(34)25(17-20-8-5-4-6-9-20)32(19-21-12-14-24(30)15-13-21)26(33)18-22-10-7-11-23(29)16-22/h4-16,25H,17-19H2,1-3H3,(H,31,34)/t25-/m1/s1. The average Bonchev–Trinajstić information content (AvgIpc) is 2.77. The Morgan fingerprint density at radius 3 is 2.18 bits per heavy atom. The summed E-state index contributed by atoms with van der Waals surface area (Å²) >= 11 is 6.12. The van der Waals surface area contributed by atoms with Crippen molar-refractivity contribution in [3.05, 3.63) is 106 Å². The third-order valence-electron chi connectivity index (χ3n) is 5.28. The molecule has 0 unspecified atom stereocenters. The van der Waals surface area contributed by atoms with E-state index in [1.165, 1.54) is 12.1 Å². The van der Waals surface area contributed by atoms with Crippen LogP contribution in [-0.4, -0.2) is 28.3 Å². The summed E-state index contributed by atoms with van der Waals surface area (Å²) in [7, 11) is 0. The highest BCUT2D eigenvalue weighted by Crippen LogP contribution is 2.19. The molecule has 0 bridgehead atoms. The van der Waals surface area contributed by atoms with Crippen molar-refractivity contribution in [1.82, 2.24) is 10.2 Å². The van der Waals surface area contributed by atoms with Crippen LogP contribution in [0.5, 0.6) is 0 Å². The molecule has 0 saturated heterocycles. The number of nitrogens with zero attached hydrogens (tertiary/aromatic N) is 1. The van der Waals surface area contributed by atoms with Gasteiger partial charge >= 0.3 is 0 Å². The lowest BCUT2D eigenvalue weighted by molar-refractivity contribution is -0.141. The number of carbonyl (C=O) groups excluding carboxylic acids is 2. The molecule has 0 saturated carbocycles. The fraction of sp³-hybridized carbons (Fsp3) is 0.286. The molecule has 178 valence electrons. The van der Waals surface area contributed by atoms with Crippen LogP contribution >= 0.6 is 11.6 Å². The van der Waals surface area contributed by atoms with Crippen molar-refractivity contribution in [1.29, 1.82) is 0 Å². The van der Waals surface area contributed by atoms with Crippen LogP contribution in [0, 0.1) is 5.82 Å². The number of carbonyl (C=O) groups is 2. The Kier molecular flexibility index (Phi) is 8.46. The number of halogens is 2. The van der Waals surface area contributed by atoms with Gasteiger partial charge in [0.05, 0.1) is 6.42 Å². The zero-order valence-electron chi connectivity index (χ0n) is 19.7. The maximum atomic E-state index is 13.6. The van der Waals surface area contributed by atoms with Crippen LogP contribution in [0.3, 0.4) is 0 Å². The van der Waals surface area contributed by atoms with E-state index >= 15 is 0 Å². The summed E-state index contributed by atoms with van der Waals surface area (Å²) in [6.07, 6.45) is 0.446. The van der Waals surface area contributed by atoms with Gasteiger partial charge in [0.1, 0.15) is 11.9 Å². The van der Waals surface area contributed by atoms with Crippen molar-refractivity contribution >= 4 is 23.4 Å². The van der Waals surface area contributed by atoms with Crippen LogP contribution in [0.25, 0.3) is 0 Å². The van der Waals surface area contributed by atoms with Gasteiger partial charge in [-0.2, -0.15) is 0 Å². The van der Waals surface area contributed by atoms with Gasteiger partial charge in [-0.1, -0.05) is 66.2 Å². The number of hydrogen-bond acceptors (Lipinski definition) is 2. The average molecular weight is 481 g/mol. The summed E-state index contributed by atoms with van der Waals surface area (Å²) in [5, 5.41) is 3.57. The molecule has 3 aromatic carbocycles. The molecule has 3 rings (SSSR count). The molecule has 0 fully saturated rings. The molecule has 1 N–H and O–H groups in total. The minimum Gasteiger partial charge on any atom is -0.350 e. The smallest absolute Gasteiger partial charge is 0.243 e. The Labute approximate surface area is 205 Å². The lowest BCUT2D eigenvalue weighted by atomic mass is 10.00. The minimum absolute atomic E-state index is 0.0931. The van der Waals surface area contributed by atoms with Gasteiger partial charge in [-0.25, -0.2) is 4.39 Å². The monoisotopic (exact) mass is 480 g/mol. The molecule has 0 radical (unpaired) electrons. The zero-order valence-corrected chi connectivity index (χ0v) is 20.5. The largest absolute Gasteiger partial charge is 0.350 e. The molecule has 0 aliphatic heterocycles. The van der Waals surface area contributed by atoms with Crippen LogP contribution in [0.15, 0.2) is 78.9 Å². The van der Waals surface area contributed by atoms with E-state index in [-0.39, 0.29) is 30.6 Å². The van der Waals surface area contributed by atoms with Crippen molar-refractivity contribution in [3.63, 3.8) is 0 Å². The molecular weight excluding hydrogens is 451 g/mol. The maximum Gasteiger partial charge on any atom is 0.243 e. The van der Waals surface area contributed by atoms with Crippen LogP contribution < -0.4 is 5.32 Å². The summed E-state index contributed by atoms with van der Waals surface area (Å²) in [5.41, 5.74) is 1.97. The van der Waals surface area contributed by atoms with E-state index in [0.29, 0.717) is 11.4 Å². The Hall–Kier alpha value is -3.18. The molecule has 1 atom stereocenters. The summed E-state index contributed by atoms with van der Waals surface area (Å²) in [6.45, 7) is 5.89. The molecule has 2 amide bonds. The van der Waals surface area contributed by atoms with Gasteiger partial charge in [-0.3, -0.25) is 9.59 Å². The Morgan fingerprint density at radius 1 is 0.912 bits per heavy atom. The zero-order chi connectivity index (χ0) is 24.7. The van der Waals surface area contributed by atoms with Gasteiger partial charge in [0.15, 0.2) is 0 Å². The van der Waals surface area contributed by atoms with Gasteiger partial charge in [-0.05, 0) is 61.7 Å². The lowest BCUT2D eigenvalue weighted by Crippen LogP contribution is -2.54. The third kappa shape index (κ3) is 7.70. The fourth-order valence-corrected chi connectivity index (χ4v) is 3.93. The summed E-state index contributed by atoms with van der Waals surface area (Å²) < 4.78 is 13.5. The summed E-state index contributed by atoms with van der Waals surface area (Å²) in [5.74, 6) is -0.804. The molecule has 4 nitrogen and oxygen atoms in total. The fourth-order valence-electron chi connectivity index (χ4n) is 3.72. The van der Waals surface area contributed by atoms with E-state index in [1.54, 1.807) is 35.2 Å². The van der Waals surface area contributed by atoms with Crippen molar-refractivity contribution in [2.75, 3.05) is 0 Å². The predicted octanol–water partition coefficient (Wildman–Crippen LogP) is 5.58. The molecule has 6 heteroatoms. The SMILES string of the molecule is CC(C)(C)NC(=O)[C@@H](Cc1ccccc1)N(Cc1ccc(F)cc1)C(=O)Cc1cccc(Cl)c1. The molecule has 0 spiro atoms. The van der Waals surface area contributed by atoms with E-state index < -0.39 is 11.6 Å². The number of nitrogens with one attached hydrogen (secondary N) is 1. The first-order valence-corrected chi connectivity index (χ1v) is 11.6. The van der Waals surface area contributed by atoms with Gasteiger partial charge in [-0.15, -0.1) is 0 Å². The Morgan fingerprint density at radius 2 is 1.56 bits per heavy atom. The van der Waals surface area contributed by atoms with Gasteiger partial charge < -0.3 is 10.2 Å². The second-order valence-electron chi connectivity index (χ2n) is 9.40. The van der Waals surface area contributed by atoms with E-state index in [1.807, 2.05) is 57.2 Å². The van der Waals surface area contributed by atoms with Crippen molar-refractivity contribution < 1.29 is 14.0 Å². The number of rotatable bonds is 8. The van der Waals surface area contributed by atoms with Gasteiger partial charge in [0.25, 0.3) is 0 Å². The molecule has 0 aliphatic rings. The molecule has 34 heavy (non-hydrogen) atoms. The van der Waals surface area contributed by atoms with Crippen molar-refractivity contribution in [2.24, 2.45) is 0 Å². The van der Waals surface area contributed by atoms with Crippen LogP contribution in [0.4, 0.5) is 4.39 Å². The summed E-state index contributed by atoms with van der Waals surface area (Å²) in [6, 6.07) is 22.0. The second-order valence-corrected chi connectivity index (χ2v) is 9.84. The molecule has 3 aromatic rings. The highest BCUT2D eigenvalue weighted by molar-refractivity contribution is 6.30. The second kappa shape index (κ2) is 11.3. The van der Waals surface area contributed by atoms with E-state index in [0.717, 1.165) is 16.7 Å². The van der Waals surface area contributed by atoms with E-state index in [9.17, 15) is 14.0 Å². The first-order valence-electron chi connectivity index (χ1n) is 11.2. The topological polar surface area (TPSA) is 49.4 Å². The predicted molar refractivity (Wildman–Crippen MR) is 134 cm³/mol. The number of hydrogen-bond donors (Lipinski definition) is 1. The molecule has 0 aliphatic carbocycles. The highest BCUT2D eigenvalue weighted by atomic mass is 35.5. The number of amides is 2. The van der Waals surface area contributed by atoms with E-state index in [4.69, 9.17) is 11.6 Å². The normalized spacial score (nSPS) is 12.1. The highest BCUT2D eigenvalue weighted by Gasteiger charge is 2.32. The van der Waals surface area contributed by atoms with Crippen molar-refractivity contribution in [2.45, 2.75) is 51.7 Å². The third-order valence-corrected chi connectivity index (χ3v) is 5.51. The first-order chi connectivity index (χ1) is 16.1. The quantitative estimate of drug-likeness (QED) is 0.457. The lowest BCUT2D eigenvalue weighted by Gasteiger charge is -2.34. The van der Waals surface area contributed by atoms with Gasteiger partial charge in [0.2, 0.25) is 11.8 Å². The summed E-state index contributed by atoms with van der Waals surface area (Å²) in [4.78, 5) is 28.7. The Bertz CT molecular complexity index is 1110. The van der Waals surface area contributed by atoms with Crippen LogP contribution in [0.1, 0.15) is 37.5 Å². The van der Waals surface area contributed by atoms with Crippen LogP contribution in [0.2, 0.25) is 5.02 Å². The Balaban J connectivity index is 1.98. The molecule has 0 heterocycles. The molecule has 0 aromatic heterocycles.